The van der Waals surface area contributed by atoms with Crippen molar-refractivity contribution in [3.8, 4) is 0 Å². The molecule has 0 bridgehead atoms. The van der Waals surface area contributed by atoms with E-state index in [4.69, 9.17) is 0 Å². The Labute approximate surface area is 154 Å². The Balaban J connectivity index is 1.53. The summed E-state index contributed by atoms with van der Waals surface area (Å²) in [4.78, 5) is 11.2. The number of nitrogens with zero attached hydrogens (tertiary/aromatic N) is 3. The summed E-state index contributed by atoms with van der Waals surface area (Å²) in [5.41, 5.74) is 6.97. The van der Waals surface area contributed by atoms with Gasteiger partial charge in [-0.05, 0) is 37.1 Å². The van der Waals surface area contributed by atoms with Gasteiger partial charge in [0.05, 0.1) is 22.4 Å². The number of hydrogen-bond donors (Lipinski definition) is 3. The lowest BCUT2D eigenvalue weighted by atomic mass is 10.0. The van der Waals surface area contributed by atoms with Crippen LogP contribution in [0.1, 0.15) is 19.4 Å². The Hall–Kier alpha value is -2.60. The topological polar surface area (TPSA) is 65.1 Å². The molecule has 6 heteroatoms. The maximum absolute atomic E-state index is 4.41. The van der Waals surface area contributed by atoms with Crippen LogP contribution in [0.25, 0.3) is 11.0 Å². The van der Waals surface area contributed by atoms with E-state index in [1.807, 2.05) is 6.07 Å². The molecule has 0 spiro atoms. The highest BCUT2D eigenvalue weighted by Gasteiger charge is 2.24. The van der Waals surface area contributed by atoms with Crippen molar-refractivity contribution in [2.24, 2.45) is 0 Å². The quantitative estimate of drug-likeness (QED) is 0.781. The predicted octanol–water partition coefficient (Wildman–Crippen LogP) is 1.73. The normalized spacial score (nSPS) is 20.8. The first kappa shape index (κ1) is 16.8. The van der Waals surface area contributed by atoms with E-state index in [0.717, 1.165) is 43.8 Å². The molecular formula is C20H26N6. The Morgan fingerprint density at radius 3 is 2.73 bits per heavy atom. The van der Waals surface area contributed by atoms with Crippen LogP contribution in [0, 0.1) is 0 Å². The summed E-state index contributed by atoms with van der Waals surface area (Å²) < 4.78 is 0. The molecule has 26 heavy (non-hydrogen) atoms. The van der Waals surface area contributed by atoms with Gasteiger partial charge in [0.25, 0.3) is 0 Å². The SMILES string of the molecule is CC1=C(N2CCNCC2)C(NCc2ccc3nccnc3c2)=CNC1C. The molecule has 1 unspecified atom stereocenters. The van der Waals surface area contributed by atoms with E-state index < -0.39 is 0 Å². The molecule has 4 rings (SSSR count). The van der Waals surface area contributed by atoms with E-state index in [9.17, 15) is 0 Å². The number of nitrogens with one attached hydrogen (secondary N) is 3. The average molecular weight is 350 g/mol. The fourth-order valence-corrected chi connectivity index (χ4v) is 3.58. The van der Waals surface area contributed by atoms with Crippen LogP contribution in [0.3, 0.4) is 0 Å². The first-order valence-electron chi connectivity index (χ1n) is 9.29. The third-order valence-corrected chi connectivity index (χ3v) is 5.21. The number of rotatable bonds is 4. The molecule has 0 amide bonds. The van der Waals surface area contributed by atoms with Gasteiger partial charge in [0.1, 0.15) is 0 Å². The summed E-state index contributed by atoms with van der Waals surface area (Å²) in [6.07, 6.45) is 5.59. The lowest BCUT2D eigenvalue weighted by Gasteiger charge is -2.37. The van der Waals surface area contributed by atoms with Crippen molar-refractivity contribution in [3.63, 3.8) is 0 Å². The van der Waals surface area contributed by atoms with Gasteiger partial charge >= 0.3 is 0 Å². The largest absolute Gasteiger partial charge is 0.383 e. The summed E-state index contributed by atoms with van der Waals surface area (Å²) >= 11 is 0. The van der Waals surface area contributed by atoms with Crippen LogP contribution in [0.5, 0.6) is 0 Å². The molecule has 136 valence electrons. The van der Waals surface area contributed by atoms with Crippen molar-refractivity contribution >= 4 is 11.0 Å². The lowest BCUT2D eigenvalue weighted by Crippen LogP contribution is -2.46. The minimum absolute atomic E-state index is 0.362. The molecule has 3 N–H and O–H groups in total. The van der Waals surface area contributed by atoms with Crippen molar-refractivity contribution in [2.75, 3.05) is 26.2 Å². The van der Waals surface area contributed by atoms with Crippen molar-refractivity contribution in [1.82, 2.24) is 30.8 Å². The van der Waals surface area contributed by atoms with Gasteiger partial charge in [0.2, 0.25) is 0 Å². The number of aromatic nitrogens is 2. The molecule has 0 aliphatic carbocycles. The fraction of sp³-hybridized carbons (Fsp3) is 0.400. The van der Waals surface area contributed by atoms with Crippen LogP contribution >= 0.6 is 0 Å². The summed E-state index contributed by atoms with van der Waals surface area (Å²) in [7, 11) is 0. The molecule has 2 aliphatic heterocycles. The predicted molar refractivity (Wildman–Crippen MR) is 104 cm³/mol. The zero-order valence-electron chi connectivity index (χ0n) is 15.4. The second-order valence-electron chi connectivity index (χ2n) is 6.95. The summed E-state index contributed by atoms with van der Waals surface area (Å²) in [6, 6.07) is 6.62. The Bertz CT molecular complexity index is 850. The van der Waals surface area contributed by atoms with E-state index in [0.29, 0.717) is 6.04 Å². The maximum Gasteiger partial charge on any atom is 0.0890 e. The van der Waals surface area contributed by atoms with Crippen molar-refractivity contribution < 1.29 is 0 Å². The zero-order valence-corrected chi connectivity index (χ0v) is 15.4. The van der Waals surface area contributed by atoms with Crippen LogP contribution in [0.2, 0.25) is 0 Å². The average Bonchev–Trinajstić information content (AvgIpc) is 2.69. The molecule has 6 nitrogen and oxygen atoms in total. The molecule has 1 aromatic heterocycles. The van der Waals surface area contributed by atoms with E-state index in [-0.39, 0.29) is 0 Å². The molecule has 1 saturated heterocycles. The molecular weight excluding hydrogens is 324 g/mol. The zero-order chi connectivity index (χ0) is 17.9. The van der Waals surface area contributed by atoms with Gasteiger partial charge in [-0.3, -0.25) is 9.97 Å². The highest BCUT2D eigenvalue weighted by Crippen LogP contribution is 2.24. The van der Waals surface area contributed by atoms with Crippen molar-refractivity contribution in [2.45, 2.75) is 26.4 Å². The minimum atomic E-state index is 0.362. The van der Waals surface area contributed by atoms with Crippen LogP contribution in [0.15, 0.2) is 53.8 Å². The second kappa shape index (κ2) is 7.33. The standard InChI is InChI=1S/C20H26N6/c1-14-15(2)24-13-19(20(14)26-9-7-21-8-10-26)25-12-16-3-4-17-18(11-16)23-6-5-22-17/h3-6,11,13,15,21,24-25H,7-10,12H2,1-2H3. The number of hydrogen-bond acceptors (Lipinski definition) is 6. The third kappa shape index (κ3) is 3.37. The van der Waals surface area contributed by atoms with Gasteiger partial charge < -0.3 is 20.9 Å². The van der Waals surface area contributed by atoms with Gasteiger partial charge in [-0.25, -0.2) is 0 Å². The van der Waals surface area contributed by atoms with Gasteiger partial charge in [0, 0.05) is 57.4 Å². The van der Waals surface area contributed by atoms with Crippen LogP contribution in [-0.4, -0.2) is 47.1 Å². The summed E-state index contributed by atoms with van der Waals surface area (Å²) in [6.45, 7) is 9.37. The lowest BCUT2D eigenvalue weighted by molar-refractivity contribution is 0.294. The number of benzene rings is 1. The van der Waals surface area contributed by atoms with Crippen LogP contribution in [-0.2, 0) is 6.54 Å². The smallest absolute Gasteiger partial charge is 0.0890 e. The first-order valence-corrected chi connectivity index (χ1v) is 9.29. The van der Waals surface area contributed by atoms with Crippen molar-refractivity contribution in [3.05, 3.63) is 59.3 Å². The first-order chi connectivity index (χ1) is 12.7. The monoisotopic (exact) mass is 350 g/mol. The molecule has 0 saturated carbocycles. The van der Waals surface area contributed by atoms with E-state index >= 15 is 0 Å². The number of fused-ring (bicyclic) bond motifs is 1. The molecule has 1 fully saturated rings. The summed E-state index contributed by atoms with van der Waals surface area (Å²) in [5, 5.41) is 10.5. The van der Waals surface area contributed by atoms with Gasteiger partial charge in [-0.15, -0.1) is 0 Å². The fourth-order valence-electron chi connectivity index (χ4n) is 3.58. The molecule has 1 aromatic carbocycles. The van der Waals surface area contributed by atoms with E-state index in [1.54, 1.807) is 12.4 Å². The molecule has 2 aromatic rings. The molecule has 3 heterocycles. The number of piperazine rings is 1. The highest BCUT2D eigenvalue weighted by atomic mass is 15.2. The van der Waals surface area contributed by atoms with Crippen molar-refractivity contribution in [1.29, 1.82) is 0 Å². The Kier molecular flexibility index (Phi) is 4.75. The maximum atomic E-state index is 4.41. The third-order valence-electron chi connectivity index (χ3n) is 5.21. The van der Waals surface area contributed by atoms with E-state index in [1.165, 1.54) is 22.5 Å². The molecule has 0 radical (unpaired) electrons. The number of dihydropyridines is 1. The molecule has 1 atom stereocenters. The summed E-state index contributed by atoms with van der Waals surface area (Å²) in [5.74, 6) is 0. The van der Waals surface area contributed by atoms with Gasteiger partial charge in [-0.1, -0.05) is 6.07 Å². The van der Waals surface area contributed by atoms with Crippen LogP contribution < -0.4 is 16.0 Å². The minimum Gasteiger partial charge on any atom is -0.383 e. The highest BCUT2D eigenvalue weighted by molar-refractivity contribution is 5.74. The van der Waals surface area contributed by atoms with Gasteiger partial charge in [-0.2, -0.15) is 0 Å². The molecule has 2 aliphatic rings. The van der Waals surface area contributed by atoms with Crippen LogP contribution in [0.4, 0.5) is 0 Å². The van der Waals surface area contributed by atoms with Gasteiger partial charge in [0.15, 0.2) is 0 Å². The Morgan fingerprint density at radius 2 is 1.92 bits per heavy atom. The second-order valence-corrected chi connectivity index (χ2v) is 6.95. The van der Waals surface area contributed by atoms with E-state index in [2.05, 4.69) is 63.0 Å². The Morgan fingerprint density at radius 1 is 1.15 bits per heavy atom.